The van der Waals surface area contributed by atoms with E-state index in [4.69, 9.17) is 18.5 Å². The molecule has 0 saturated carbocycles. The van der Waals surface area contributed by atoms with Crippen LogP contribution in [-0.4, -0.2) is 75.6 Å². The highest BCUT2D eigenvalue weighted by molar-refractivity contribution is 7.47. The Labute approximate surface area is 373 Å². The molecule has 0 fully saturated rings. The first-order chi connectivity index (χ1) is 29.1. The van der Waals surface area contributed by atoms with E-state index in [1.807, 2.05) is 21.1 Å². The lowest BCUT2D eigenvalue weighted by Crippen LogP contribution is -2.37. The second-order valence-electron chi connectivity index (χ2n) is 18.9. The number of quaternary nitrogens is 1. The first-order valence-electron chi connectivity index (χ1n) is 25.9. The molecular formula is C51H103NO7P+. The Hall–Kier alpha value is -0.760. The van der Waals surface area contributed by atoms with Crippen molar-refractivity contribution in [3.05, 3.63) is 12.2 Å². The molecule has 0 aromatic heterocycles. The lowest BCUT2D eigenvalue weighted by atomic mass is 10.0. The van der Waals surface area contributed by atoms with Crippen molar-refractivity contribution < 1.29 is 37.3 Å². The molecule has 0 radical (unpaired) electrons. The van der Waals surface area contributed by atoms with Crippen LogP contribution in [0.25, 0.3) is 0 Å². The number of rotatable bonds is 49. The molecule has 2 unspecified atom stereocenters. The number of allylic oxidation sites excluding steroid dienone is 2. The fourth-order valence-electron chi connectivity index (χ4n) is 7.55. The summed E-state index contributed by atoms with van der Waals surface area (Å²) >= 11 is 0. The molecule has 0 amide bonds. The topological polar surface area (TPSA) is 91.3 Å². The van der Waals surface area contributed by atoms with Gasteiger partial charge in [-0.25, -0.2) is 4.57 Å². The van der Waals surface area contributed by atoms with E-state index in [-0.39, 0.29) is 25.8 Å². The number of carbonyl (C=O) groups is 1. The highest BCUT2D eigenvalue weighted by Crippen LogP contribution is 2.43. The zero-order valence-electron chi connectivity index (χ0n) is 40.7. The summed E-state index contributed by atoms with van der Waals surface area (Å²) in [6, 6.07) is 0. The number of esters is 1. The summed E-state index contributed by atoms with van der Waals surface area (Å²) in [5.74, 6) is -0.317. The zero-order chi connectivity index (χ0) is 44.1. The van der Waals surface area contributed by atoms with Crippen LogP contribution in [0, 0.1) is 0 Å². The van der Waals surface area contributed by atoms with Crippen LogP contribution < -0.4 is 0 Å². The molecule has 0 heterocycles. The van der Waals surface area contributed by atoms with Crippen molar-refractivity contribution in [1.29, 1.82) is 0 Å². The Kier molecular flexibility index (Phi) is 44.3. The van der Waals surface area contributed by atoms with Gasteiger partial charge in [0.25, 0.3) is 0 Å². The maximum Gasteiger partial charge on any atom is 0.472 e. The Bertz CT molecular complexity index is 972. The maximum atomic E-state index is 12.7. The minimum Gasteiger partial charge on any atom is -0.457 e. The van der Waals surface area contributed by atoms with Gasteiger partial charge in [-0.1, -0.05) is 219 Å². The second kappa shape index (κ2) is 44.8. The molecule has 0 saturated heterocycles. The van der Waals surface area contributed by atoms with Crippen molar-refractivity contribution in [3.8, 4) is 0 Å². The van der Waals surface area contributed by atoms with Gasteiger partial charge in [0.05, 0.1) is 34.4 Å². The lowest BCUT2D eigenvalue weighted by Gasteiger charge is -2.24. The van der Waals surface area contributed by atoms with Gasteiger partial charge >= 0.3 is 13.8 Å². The first kappa shape index (κ1) is 59.2. The Morgan fingerprint density at radius 2 is 0.867 bits per heavy atom. The van der Waals surface area contributed by atoms with E-state index in [0.29, 0.717) is 24.1 Å². The number of hydrogen-bond acceptors (Lipinski definition) is 6. The number of phosphoric acid groups is 1. The number of phosphoric ester groups is 1. The van der Waals surface area contributed by atoms with Crippen LogP contribution >= 0.6 is 7.82 Å². The van der Waals surface area contributed by atoms with Crippen LogP contribution in [0.2, 0.25) is 0 Å². The third kappa shape index (κ3) is 48.3. The van der Waals surface area contributed by atoms with Crippen LogP contribution in [0.3, 0.4) is 0 Å². The first-order valence-corrected chi connectivity index (χ1v) is 27.4. The van der Waals surface area contributed by atoms with Gasteiger partial charge in [0, 0.05) is 13.0 Å². The average molecular weight is 873 g/mol. The molecule has 0 aromatic carbocycles. The summed E-state index contributed by atoms with van der Waals surface area (Å²) in [5.41, 5.74) is 0. The van der Waals surface area contributed by atoms with Crippen molar-refractivity contribution in [1.82, 2.24) is 0 Å². The number of unbranched alkanes of at least 4 members (excludes halogenated alkanes) is 33. The number of hydrogen-bond donors (Lipinski definition) is 1. The van der Waals surface area contributed by atoms with Crippen molar-refractivity contribution in [2.75, 3.05) is 54.1 Å². The summed E-state index contributed by atoms with van der Waals surface area (Å²) < 4.78 is 35.1. The monoisotopic (exact) mass is 873 g/mol. The minimum absolute atomic E-state index is 0.0905. The molecule has 0 aliphatic carbocycles. The van der Waals surface area contributed by atoms with Crippen LogP contribution in [0.1, 0.15) is 251 Å². The normalized spacial score (nSPS) is 13.6. The van der Waals surface area contributed by atoms with E-state index < -0.39 is 13.9 Å². The van der Waals surface area contributed by atoms with Crippen molar-refractivity contribution >= 4 is 13.8 Å². The van der Waals surface area contributed by atoms with Crippen LogP contribution in [0.4, 0.5) is 0 Å². The molecule has 60 heavy (non-hydrogen) atoms. The summed E-state index contributed by atoms with van der Waals surface area (Å²) in [4.78, 5) is 22.9. The van der Waals surface area contributed by atoms with Crippen molar-refractivity contribution in [2.45, 2.75) is 258 Å². The fourth-order valence-corrected chi connectivity index (χ4v) is 8.29. The van der Waals surface area contributed by atoms with Gasteiger partial charge in [0.15, 0.2) is 0 Å². The lowest BCUT2D eigenvalue weighted by molar-refractivity contribution is -0.870. The third-order valence-electron chi connectivity index (χ3n) is 11.6. The molecule has 0 aliphatic heterocycles. The quantitative estimate of drug-likeness (QED) is 0.0214. The average Bonchev–Trinajstić information content (AvgIpc) is 3.20. The molecule has 0 aliphatic rings. The van der Waals surface area contributed by atoms with Crippen LogP contribution in [-0.2, 0) is 27.9 Å². The summed E-state index contributed by atoms with van der Waals surface area (Å²) in [5, 5.41) is 0. The summed E-state index contributed by atoms with van der Waals surface area (Å²) in [7, 11) is 1.68. The van der Waals surface area contributed by atoms with Gasteiger partial charge in [0.1, 0.15) is 19.3 Å². The molecule has 9 heteroatoms. The second-order valence-corrected chi connectivity index (χ2v) is 20.4. The van der Waals surface area contributed by atoms with Gasteiger partial charge in [0.2, 0.25) is 0 Å². The fraction of sp³-hybridized carbons (Fsp3) is 0.941. The SMILES string of the molecule is CCCCCCC/C=C\CCCCCCCC(=O)OC(COCCCCCCCCCCCCCCCCCCCCCCCCCC)COP(=O)(O)OCC[N+](C)(C)C. The Morgan fingerprint density at radius 3 is 1.27 bits per heavy atom. The maximum absolute atomic E-state index is 12.7. The van der Waals surface area contributed by atoms with Crippen molar-refractivity contribution in [3.63, 3.8) is 0 Å². The molecule has 0 aromatic rings. The van der Waals surface area contributed by atoms with Crippen LogP contribution in [0.15, 0.2) is 12.2 Å². The van der Waals surface area contributed by atoms with Gasteiger partial charge < -0.3 is 18.9 Å². The molecule has 2 atom stereocenters. The molecule has 0 bridgehead atoms. The standard InChI is InChI=1S/C51H102NO7P/c1-6-8-10-12-14-16-18-20-22-23-24-25-26-27-28-29-30-31-33-35-37-39-41-43-46-56-48-50(49-58-60(54,55)57-47-45-52(3,4)5)59-51(53)44-42-40-38-36-34-32-21-19-17-15-13-11-9-7-2/h19,21,50H,6-18,20,22-49H2,1-5H3/p+1/b21-19-. The number of likely N-dealkylation sites (N-methyl/N-ethyl adjacent to an activating group) is 1. The zero-order valence-corrected chi connectivity index (χ0v) is 41.6. The van der Waals surface area contributed by atoms with Gasteiger partial charge in [-0.05, 0) is 38.5 Å². The van der Waals surface area contributed by atoms with Gasteiger partial charge in [-0.2, -0.15) is 0 Å². The summed E-state index contributed by atoms with van der Waals surface area (Å²) in [6.45, 7) is 5.66. The van der Waals surface area contributed by atoms with Gasteiger partial charge in [-0.15, -0.1) is 0 Å². The molecule has 0 rings (SSSR count). The van der Waals surface area contributed by atoms with E-state index in [1.54, 1.807) is 0 Å². The smallest absolute Gasteiger partial charge is 0.457 e. The van der Waals surface area contributed by atoms with Crippen LogP contribution in [0.5, 0.6) is 0 Å². The molecular weight excluding hydrogens is 770 g/mol. The van der Waals surface area contributed by atoms with E-state index in [9.17, 15) is 14.3 Å². The molecule has 0 spiro atoms. The predicted molar refractivity (Wildman–Crippen MR) is 257 cm³/mol. The number of carbonyl (C=O) groups excluding carboxylic acids is 1. The number of nitrogens with zero attached hydrogens (tertiary/aromatic N) is 1. The van der Waals surface area contributed by atoms with E-state index >= 15 is 0 Å². The molecule has 1 N–H and O–H groups in total. The van der Waals surface area contributed by atoms with E-state index in [0.717, 1.165) is 38.5 Å². The van der Waals surface area contributed by atoms with E-state index in [2.05, 4.69) is 26.0 Å². The largest absolute Gasteiger partial charge is 0.472 e. The number of ether oxygens (including phenoxy) is 2. The molecule has 8 nitrogen and oxygen atoms in total. The highest BCUT2D eigenvalue weighted by Gasteiger charge is 2.26. The predicted octanol–water partition coefficient (Wildman–Crippen LogP) is 15.8. The summed E-state index contributed by atoms with van der Waals surface area (Å²) in [6.07, 6.45) is 51.2. The highest BCUT2D eigenvalue weighted by atomic mass is 31.2. The minimum atomic E-state index is -4.27. The van der Waals surface area contributed by atoms with Crippen molar-refractivity contribution in [2.24, 2.45) is 0 Å². The third-order valence-corrected chi connectivity index (χ3v) is 12.6. The Balaban J connectivity index is 4.03. The molecule has 358 valence electrons. The van der Waals surface area contributed by atoms with Gasteiger partial charge in [-0.3, -0.25) is 13.8 Å². The Morgan fingerprint density at radius 1 is 0.500 bits per heavy atom. The van der Waals surface area contributed by atoms with E-state index in [1.165, 1.54) is 193 Å².